The molecule has 0 bridgehead atoms. The van der Waals surface area contributed by atoms with Crippen LogP contribution in [0.2, 0.25) is 0 Å². The van der Waals surface area contributed by atoms with Crippen LogP contribution in [0.1, 0.15) is 40.0 Å². The highest BCUT2D eigenvalue weighted by atomic mass is 15.1. The number of hydrogen-bond donors (Lipinski definition) is 0. The first kappa shape index (κ1) is 11.0. The van der Waals surface area contributed by atoms with Crippen molar-refractivity contribution in [3.63, 3.8) is 0 Å². The van der Waals surface area contributed by atoms with Crippen LogP contribution in [0, 0.1) is 5.92 Å². The van der Waals surface area contributed by atoms with Crippen molar-refractivity contribution in [2.45, 2.75) is 40.0 Å². The topological polar surface area (TPSA) is 3.24 Å². The number of hydrogen-bond acceptors (Lipinski definition) is 1. The van der Waals surface area contributed by atoms with Gasteiger partial charge in [0, 0.05) is 6.54 Å². The Balaban J connectivity index is 0.000000461. The Morgan fingerprint density at radius 1 is 1.27 bits per heavy atom. The van der Waals surface area contributed by atoms with Crippen LogP contribution in [-0.2, 0) is 0 Å². The van der Waals surface area contributed by atoms with Gasteiger partial charge in [0.25, 0.3) is 0 Å². The first-order valence-electron chi connectivity index (χ1n) is 5.01. The van der Waals surface area contributed by atoms with Gasteiger partial charge in [-0.25, -0.2) is 0 Å². The van der Waals surface area contributed by atoms with Crippen LogP contribution in [0.5, 0.6) is 0 Å². The summed E-state index contributed by atoms with van der Waals surface area (Å²) in [5.41, 5.74) is 0. The first-order chi connectivity index (χ1) is 5.33. The van der Waals surface area contributed by atoms with Crippen LogP contribution < -0.4 is 0 Å². The Kier molecular flexibility index (Phi) is 6.63. The highest BCUT2D eigenvalue weighted by Crippen LogP contribution is 2.26. The summed E-state index contributed by atoms with van der Waals surface area (Å²) in [6, 6.07) is 0. The van der Waals surface area contributed by atoms with Crippen LogP contribution in [0.15, 0.2) is 0 Å². The van der Waals surface area contributed by atoms with Crippen molar-refractivity contribution in [3.05, 3.63) is 0 Å². The molecule has 68 valence electrons. The van der Waals surface area contributed by atoms with Gasteiger partial charge in [0.15, 0.2) is 0 Å². The number of nitrogens with zero attached hydrogens (tertiary/aromatic N) is 1. The fraction of sp³-hybridized carbons (Fsp3) is 1.00. The Hall–Kier alpha value is -0.0400. The van der Waals surface area contributed by atoms with Crippen molar-refractivity contribution in [2.24, 2.45) is 5.92 Å². The smallest absolute Gasteiger partial charge is 0.000649 e. The Morgan fingerprint density at radius 2 is 1.82 bits per heavy atom. The molecule has 1 heteroatoms. The summed E-state index contributed by atoms with van der Waals surface area (Å²) in [6.45, 7) is 8.76. The van der Waals surface area contributed by atoms with E-state index in [2.05, 4.69) is 18.9 Å². The lowest BCUT2D eigenvalue weighted by Crippen LogP contribution is -2.29. The van der Waals surface area contributed by atoms with Gasteiger partial charge < -0.3 is 4.90 Å². The molecule has 0 aromatic carbocycles. The molecule has 0 radical (unpaired) electrons. The molecule has 1 aliphatic carbocycles. The SMILES string of the molecule is CC.CCN(C)CC1CCC1. The van der Waals surface area contributed by atoms with E-state index >= 15 is 0 Å². The molecule has 1 nitrogen and oxygen atoms in total. The molecule has 0 spiro atoms. The second-order valence-corrected chi connectivity index (χ2v) is 3.15. The molecule has 0 aromatic rings. The minimum absolute atomic E-state index is 1.04. The molecule has 1 aliphatic rings. The van der Waals surface area contributed by atoms with Gasteiger partial charge in [-0.3, -0.25) is 0 Å². The Morgan fingerprint density at radius 3 is 2.09 bits per heavy atom. The van der Waals surface area contributed by atoms with E-state index in [0.717, 1.165) is 5.92 Å². The molecule has 0 amide bonds. The zero-order valence-corrected chi connectivity index (χ0v) is 8.56. The van der Waals surface area contributed by atoms with Crippen molar-refractivity contribution >= 4 is 0 Å². The van der Waals surface area contributed by atoms with Crippen molar-refractivity contribution in [2.75, 3.05) is 20.1 Å². The monoisotopic (exact) mass is 157 g/mol. The molecule has 1 saturated carbocycles. The molecular weight excluding hydrogens is 134 g/mol. The maximum atomic E-state index is 2.41. The third-order valence-corrected chi connectivity index (χ3v) is 2.33. The minimum Gasteiger partial charge on any atom is -0.306 e. The predicted octanol–water partition coefficient (Wildman–Crippen LogP) is 2.76. The van der Waals surface area contributed by atoms with Crippen molar-refractivity contribution in [3.8, 4) is 0 Å². The van der Waals surface area contributed by atoms with Gasteiger partial charge in [0.1, 0.15) is 0 Å². The zero-order valence-electron chi connectivity index (χ0n) is 8.56. The number of rotatable bonds is 3. The van der Waals surface area contributed by atoms with E-state index in [1.165, 1.54) is 32.4 Å². The van der Waals surface area contributed by atoms with Crippen LogP contribution in [0.4, 0.5) is 0 Å². The fourth-order valence-corrected chi connectivity index (χ4v) is 1.25. The molecule has 0 unspecified atom stereocenters. The zero-order chi connectivity index (χ0) is 8.69. The molecule has 0 aromatic heterocycles. The molecule has 1 fully saturated rings. The summed E-state index contributed by atoms with van der Waals surface area (Å²) in [7, 11) is 2.21. The molecular formula is C10H23N. The minimum atomic E-state index is 1.04. The average Bonchev–Trinajstić information content (AvgIpc) is 2.00. The highest BCUT2D eigenvalue weighted by Gasteiger charge is 2.17. The Labute approximate surface area is 71.8 Å². The summed E-state index contributed by atoms with van der Waals surface area (Å²) < 4.78 is 0. The van der Waals surface area contributed by atoms with Crippen molar-refractivity contribution < 1.29 is 0 Å². The molecule has 0 heterocycles. The van der Waals surface area contributed by atoms with Gasteiger partial charge in [-0.2, -0.15) is 0 Å². The molecule has 0 aliphatic heterocycles. The lowest BCUT2D eigenvalue weighted by Gasteiger charge is -2.29. The maximum Gasteiger partial charge on any atom is 0.000649 e. The first-order valence-corrected chi connectivity index (χ1v) is 5.01. The Bertz CT molecular complexity index is 74.2. The molecule has 1 rings (SSSR count). The normalized spacial score (nSPS) is 17.2. The molecule has 0 atom stereocenters. The van der Waals surface area contributed by atoms with E-state index < -0.39 is 0 Å². The molecule has 0 saturated heterocycles. The van der Waals surface area contributed by atoms with Crippen molar-refractivity contribution in [1.82, 2.24) is 4.90 Å². The van der Waals surface area contributed by atoms with E-state index in [1.807, 2.05) is 13.8 Å². The summed E-state index contributed by atoms with van der Waals surface area (Å²) in [5.74, 6) is 1.04. The second kappa shape index (κ2) is 6.66. The van der Waals surface area contributed by atoms with Gasteiger partial charge in [-0.1, -0.05) is 27.2 Å². The van der Waals surface area contributed by atoms with Crippen molar-refractivity contribution in [1.29, 1.82) is 0 Å². The van der Waals surface area contributed by atoms with Gasteiger partial charge in [-0.15, -0.1) is 0 Å². The predicted molar refractivity (Wildman–Crippen MR) is 51.9 cm³/mol. The average molecular weight is 157 g/mol. The van der Waals surface area contributed by atoms with E-state index in [4.69, 9.17) is 0 Å². The quantitative estimate of drug-likeness (QED) is 0.609. The van der Waals surface area contributed by atoms with E-state index in [-0.39, 0.29) is 0 Å². The maximum absolute atomic E-state index is 2.41. The summed E-state index contributed by atoms with van der Waals surface area (Å²) in [6.07, 6.45) is 4.43. The largest absolute Gasteiger partial charge is 0.306 e. The lowest BCUT2D eigenvalue weighted by atomic mass is 9.85. The van der Waals surface area contributed by atoms with E-state index in [1.54, 1.807) is 0 Å². The third kappa shape index (κ3) is 4.41. The molecule has 11 heavy (non-hydrogen) atoms. The van der Waals surface area contributed by atoms with E-state index in [9.17, 15) is 0 Å². The fourth-order valence-electron chi connectivity index (χ4n) is 1.25. The van der Waals surface area contributed by atoms with Gasteiger partial charge >= 0.3 is 0 Å². The van der Waals surface area contributed by atoms with Gasteiger partial charge in [0.05, 0.1) is 0 Å². The molecule has 0 N–H and O–H groups in total. The van der Waals surface area contributed by atoms with Gasteiger partial charge in [-0.05, 0) is 32.4 Å². The third-order valence-electron chi connectivity index (χ3n) is 2.33. The van der Waals surface area contributed by atoms with Crippen LogP contribution in [0.3, 0.4) is 0 Å². The van der Waals surface area contributed by atoms with Crippen LogP contribution in [0.25, 0.3) is 0 Å². The standard InChI is InChI=1S/C8H17N.C2H6/c1-3-9(2)7-8-5-4-6-8;1-2/h8H,3-7H2,1-2H3;1-2H3. The summed E-state index contributed by atoms with van der Waals surface area (Å²) in [5, 5.41) is 0. The lowest BCUT2D eigenvalue weighted by molar-refractivity contribution is 0.212. The summed E-state index contributed by atoms with van der Waals surface area (Å²) >= 11 is 0. The van der Waals surface area contributed by atoms with E-state index in [0.29, 0.717) is 0 Å². The second-order valence-electron chi connectivity index (χ2n) is 3.15. The van der Waals surface area contributed by atoms with Crippen LogP contribution in [-0.4, -0.2) is 25.0 Å². The summed E-state index contributed by atoms with van der Waals surface area (Å²) in [4.78, 5) is 2.41. The van der Waals surface area contributed by atoms with Gasteiger partial charge in [0.2, 0.25) is 0 Å². The van der Waals surface area contributed by atoms with Crippen LogP contribution >= 0.6 is 0 Å². The highest BCUT2D eigenvalue weighted by molar-refractivity contribution is 4.71.